The molecule has 0 aliphatic carbocycles. The van der Waals surface area contributed by atoms with Crippen molar-refractivity contribution >= 4 is 5.97 Å². The molecule has 0 saturated carbocycles. The van der Waals surface area contributed by atoms with Crippen LogP contribution in [-0.2, 0) is 4.79 Å². The molecule has 3 N–H and O–H groups in total. The molecule has 1 heterocycles. The number of aromatic amines is 1. The third-order valence-corrected chi connectivity index (χ3v) is 5.75. The van der Waals surface area contributed by atoms with Crippen LogP contribution in [0.4, 0.5) is 4.39 Å². The molecule has 3 aromatic carbocycles. The average molecular weight is 444 g/mol. The van der Waals surface area contributed by atoms with Gasteiger partial charge >= 0.3 is 5.97 Å². The summed E-state index contributed by atoms with van der Waals surface area (Å²) in [7, 11) is 0. The maximum atomic E-state index is 14.6. The number of carbonyl (C=O) groups is 1. The standard InChI is InChI=1S/C27H26FN3O2/c1-17(2)24(27(32)33)30-25(20-14-12-19(13-15-20)18-8-4-3-5-9-18)22-16-29-31-26(22)21-10-6-7-11-23(21)28/h3-17,24-25,30H,1-2H3,(H,29,31)(H,32,33). The van der Waals surface area contributed by atoms with Crippen molar-refractivity contribution in [3.63, 3.8) is 0 Å². The Morgan fingerprint density at radius 3 is 2.21 bits per heavy atom. The molecular weight excluding hydrogens is 417 g/mol. The normalized spacial score (nSPS) is 13.1. The van der Waals surface area contributed by atoms with Crippen LogP contribution in [0.25, 0.3) is 22.4 Å². The van der Waals surface area contributed by atoms with Crippen LogP contribution in [0.5, 0.6) is 0 Å². The van der Waals surface area contributed by atoms with Gasteiger partial charge in [0.15, 0.2) is 0 Å². The minimum absolute atomic E-state index is 0.155. The highest BCUT2D eigenvalue weighted by Gasteiger charge is 2.29. The van der Waals surface area contributed by atoms with E-state index >= 15 is 0 Å². The zero-order valence-electron chi connectivity index (χ0n) is 18.5. The lowest BCUT2D eigenvalue weighted by molar-refractivity contribution is -0.140. The predicted molar refractivity (Wildman–Crippen MR) is 127 cm³/mol. The third-order valence-electron chi connectivity index (χ3n) is 5.75. The summed E-state index contributed by atoms with van der Waals surface area (Å²) < 4.78 is 14.6. The van der Waals surface area contributed by atoms with Gasteiger partial charge in [-0.15, -0.1) is 0 Å². The average Bonchev–Trinajstić information content (AvgIpc) is 3.29. The number of nitrogens with one attached hydrogen (secondary N) is 2. The molecule has 1 aromatic heterocycles. The quantitative estimate of drug-likeness (QED) is 0.328. The highest BCUT2D eigenvalue weighted by atomic mass is 19.1. The Labute approximate surface area is 192 Å². The number of hydrogen-bond donors (Lipinski definition) is 3. The first-order valence-electron chi connectivity index (χ1n) is 10.9. The fraction of sp³-hybridized carbons (Fsp3) is 0.185. The summed E-state index contributed by atoms with van der Waals surface area (Å²) in [4.78, 5) is 12.0. The molecule has 0 amide bonds. The number of carboxylic acids is 1. The Hall–Kier alpha value is -3.77. The van der Waals surface area contributed by atoms with Crippen LogP contribution in [0.1, 0.15) is 31.0 Å². The third kappa shape index (κ3) is 4.86. The highest BCUT2D eigenvalue weighted by Crippen LogP contribution is 2.33. The highest BCUT2D eigenvalue weighted by molar-refractivity contribution is 5.74. The van der Waals surface area contributed by atoms with Gasteiger partial charge in [0, 0.05) is 11.1 Å². The van der Waals surface area contributed by atoms with Crippen LogP contribution in [0.3, 0.4) is 0 Å². The zero-order chi connectivity index (χ0) is 23.4. The second-order valence-electron chi connectivity index (χ2n) is 8.33. The van der Waals surface area contributed by atoms with Crippen LogP contribution in [-0.4, -0.2) is 27.3 Å². The van der Waals surface area contributed by atoms with Crippen LogP contribution in [0, 0.1) is 11.7 Å². The molecule has 33 heavy (non-hydrogen) atoms. The predicted octanol–water partition coefficient (Wildman–Crippen LogP) is 5.67. The number of benzene rings is 3. The molecule has 0 fully saturated rings. The Morgan fingerprint density at radius 1 is 0.939 bits per heavy atom. The maximum Gasteiger partial charge on any atom is 0.320 e. The summed E-state index contributed by atoms with van der Waals surface area (Å²) >= 11 is 0. The van der Waals surface area contributed by atoms with Crippen LogP contribution >= 0.6 is 0 Å². The first-order chi connectivity index (χ1) is 16.0. The number of aliphatic carboxylic acids is 1. The summed E-state index contributed by atoms with van der Waals surface area (Å²) in [5, 5.41) is 20.2. The van der Waals surface area contributed by atoms with E-state index in [9.17, 15) is 14.3 Å². The van der Waals surface area contributed by atoms with Gasteiger partial charge in [0.2, 0.25) is 0 Å². The fourth-order valence-electron chi connectivity index (χ4n) is 3.99. The van der Waals surface area contributed by atoms with Crippen molar-refractivity contribution in [1.82, 2.24) is 15.5 Å². The number of nitrogens with zero attached hydrogens (tertiary/aromatic N) is 1. The van der Waals surface area contributed by atoms with Gasteiger partial charge in [-0.1, -0.05) is 80.6 Å². The molecule has 5 nitrogen and oxygen atoms in total. The first-order valence-corrected chi connectivity index (χ1v) is 10.9. The Morgan fingerprint density at radius 2 is 1.58 bits per heavy atom. The van der Waals surface area contributed by atoms with E-state index in [4.69, 9.17) is 0 Å². The molecule has 0 aliphatic heterocycles. The van der Waals surface area contributed by atoms with E-state index in [-0.39, 0.29) is 11.7 Å². The molecule has 0 saturated heterocycles. The van der Waals surface area contributed by atoms with Crippen molar-refractivity contribution in [3.8, 4) is 22.4 Å². The monoisotopic (exact) mass is 443 g/mol. The molecule has 0 spiro atoms. The largest absolute Gasteiger partial charge is 0.480 e. The van der Waals surface area contributed by atoms with Gasteiger partial charge in [0.1, 0.15) is 11.9 Å². The lowest BCUT2D eigenvalue weighted by Crippen LogP contribution is -2.43. The van der Waals surface area contributed by atoms with Crippen LogP contribution in [0.15, 0.2) is 85.1 Å². The summed E-state index contributed by atoms with van der Waals surface area (Å²) in [6.45, 7) is 3.71. The molecule has 4 rings (SSSR count). The SMILES string of the molecule is CC(C)C(NC(c1ccc(-c2ccccc2)cc1)c1cn[nH]c1-c1ccccc1F)C(=O)O. The summed E-state index contributed by atoms with van der Waals surface area (Å²) in [5.74, 6) is -1.47. The van der Waals surface area contributed by atoms with Gasteiger partial charge in [-0.3, -0.25) is 15.2 Å². The number of aromatic nitrogens is 2. The van der Waals surface area contributed by atoms with Crippen molar-refractivity contribution in [3.05, 3.63) is 102 Å². The molecule has 6 heteroatoms. The fourth-order valence-corrected chi connectivity index (χ4v) is 3.99. The van der Waals surface area contributed by atoms with Gasteiger partial charge in [-0.05, 0) is 34.7 Å². The van der Waals surface area contributed by atoms with E-state index < -0.39 is 18.1 Å². The molecule has 168 valence electrons. The molecule has 0 bridgehead atoms. The summed E-state index contributed by atoms with van der Waals surface area (Å²) in [5.41, 5.74) is 4.59. The second kappa shape index (κ2) is 9.79. The van der Waals surface area contributed by atoms with Crippen molar-refractivity contribution < 1.29 is 14.3 Å². The van der Waals surface area contributed by atoms with E-state index in [1.54, 1.807) is 24.4 Å². The first kappa shape index (κ1) is 22.4. The number of carboxylic acid groups (broad SMARTS) is 1. The van der Waals surface area contributed by atoms with Crippen LogP contribution in [0.2, 0.25) is 0 Å². The Kier molecular flexibility index (Phi) is 6.66. The maximum absolute atomic E-state index is 14.6. The van der Waals surface area contributed by atoms with Gasteiger partial charge in [-0.25, -0.2) is 4.39 Å². The van der Waals surface area contributed by atoms with Gasteiger partial charge < -0.3 is 5.11 Å². The number of halogens is 1. The van der Waals surface area contributed by atoms with Gasteiger partial charge in [0.05, 0.1) is 17.9 Å². The molecular formula is C27H26FN3O2. The topological polar surface area (TPSA) is 78.0 Å². The van der Waals surface area contributed by atoms with E-state index in [1.807, 2.05) is 68.4 Å². The lowest BCUT2D eigenvalue weighted by Gasteiger charge is -2.26. The van der Waals surface area contributed by atoms with E-state index in [0.29, 0.717) is 16.8 Å². The molecule has 2 atom stereocenters. The summed E-state index contributed by atoms with van der Waals surface area (Å²) in [6.07, 6.45) is 1.63. The number of H-pyrrole nitrogens is 1. The van der Waals surface area contributed by atoms with E-state index in [1.165, 1.54) is 6.07 Å². The van der Waals surface area contributed by atoms with Crippen molar-refractivity contribution in [1.29, 1.82) is 0 Å². The van der Waals surface area contributed by atoms with Crippen molar-refractivity contribution in [2.24, 2.45) is 5.92 Å². The van der Waals surface area contributed by atoms with E-state index in [0.717, 1.165) is 16.7 Å². The Balaban J connectivity index is 1.78. The number of rotatable bonds is 8. The lowest BCUT2D eigenvalue weighted by atomic mass is 9.92. The molecule has 4 aromatic rings. The number of hydrogen-bond acceptors (Lipinski definition) is 3. The molecule has 2 unspecified atom stereocenters. The van der Waals surface area contributed by atoms with E-state index in [2.05, 4.69) is 15.5 Å². The second-order valence-corrected chi connectivity index (χ2v) is 8.33. The minimum Gasteiger partial charge on any atom is -0.480 e. The molecule has 0 aliphatic rings. The zero-order valence-corrected chi connectivity index (χ0v) is 18.5. The van der Waals surface area contributed by atoms with Gasteiger partial charge in [-0.2, -0.15) is 5.10 Å². The Bertz CT molecular complexity index is 1220. The minimum atomic E-state index is -0.938. The van der Waals surface area contributed by atoms with Crippen molar-refractivity contribution in [2.45, 2.75) is 25.9 Å². The van der Waals surface area contributed by atoms with Crippen LogP contribution < -0.4 is 5.32 Å². The smallest absolute Gasteiger partial charge is 0.320 e. The van der Waals surface area contributed by atoms with Gasteiger partial charge in [0.25, 0.3) is 0 Å². The van der Waals surface area contributed by atoms with Crippen molar-refractivity contribution in [2.75, 3.05) is 0 Å². The molecule has 0 radical (unpaired) electrons. The summed E-state index contributed by atoms with van der Waals surface area (Å²) in [6, 6.07) is 23.1.